The van der Waals surface area contributed by atoms with Crippen LogP contribution in [0.1, 0.15) is 187 Å². The number of aliphatic carboxylic acids is 1. The van der Waals surface area contributed by atoms with Gasteiger partial charge in [-0.25, -0.2) is 4.79 Å². The average molecular weight is 727 g/mol. The third kappa shape index (κ3) is 35.5. The van der Waals surface area contributed by atoms with E-state index in [1.807, 2.05) is 0 Å². The number of unbranched alkanes of at least 4 members (excludes halogenated alkanes) is 13. The van der Waals surface area contributed by atoms with E-state index in [1.165, 1.54) is 38.5 Å². The highest BCUT2D eigenvalue weighted by Gasteiger charge is 2.19. The predicted octanol–water partition coefficient (Wildman–Crippen LogP) is 11.8. The molecule has 0 fully saturated rings. The summed E-state index contributed by atoms with van der Waals surface area (Å²) in [6, 6.07) is -0.864. The normalized spacial score (nSPS) is 13.3. The summed E-state index contributed by atoms with van der Waals surface area (Å²) in [5, 5.41) is 11.9. The molecule has 0 aromatic carbocycles. The predicted molar refractivity (Wildman–Crippen MR) is 220 cm³/mol. The van der Waals surface area contributed by atoms with Crippen LogP contribution in [-0.4, -0.2) is 41.6 Å². The number of nitrogens with two attached hydrogens (primary N) is 1. The zero-order valence-corrected chi connectivity index (χ0v) is 33.4. The lowest BCUT2D eigenvalue weighted by molar-refractivity contribution is -0.150. The second-order valence-corrected chi connectivity index (χ2v) is 14.0. The maximum absolute atomic E-state index is 12.7. The van der Waals surface area contributed by atoms with Crippen LogP contribution in [0.2, 0.25) is 0 Å². The molecule has 0 aromatic heterocycles. The number of esters is 1. The lowest BCUT2D eigenvalue weighted by Crippen LogP contribution is -2.40. The Bertz CT molecular complexity index is 1000. The zero-order valence-electron chi connectivity index (χ0n) is 33.4. The smallest absolute Gasteiger partial charge is 0.326 e. The highest BCUT2D eigenvalue weighted by molar-refractivity contribution is 5.83. The van der Waals surface area contributed by atoms with Crippen molar-refractivity contribution in [2.45, 2.75) is 199 Å². The van der Waals surface area contributed by atoms with Crippen LogP contribution >= 0.6 is 0 Å². The quantitative estimate of drug-likeness (QED) is 0.0333. The lowest BCUT2D eigenvalue weighted by Gasteiger charge is -2.18. The van der Waals surface area contributed by atoms with E-state index in [2.05, 4.69) is 79.9 Å². The molecule has 0 radical (unpaired) electrons. The summed E-state index contributed by atoms with van der Waals surface area (Å²) in [6.45, 7) is 4.81. The number of carboxylic acids is 1. The maximum atomic E-state index is 12.7. The molecular weight excluding hydrogens is 649 g/mol. The largest absolute Gasteiger partial charge is 0.480 e. The molecule has 2 unspecified atom stereocenters. The first-order valence-electron chi connectivity index (χ1n) is 21.1. The summed E-state index contributed by atoms with van der Waals surface area (Å²) < 4.78 is 6.00. The minimum atomic E-state index is -1.01. The fourth-order valence-corrected chi connectivity index (χ4v) is 5.91. The number of ether oxygens (including phenoxy) is 1. The van der Waals surface area contributed by atoms with Crippen LogP contribution in [0.4, 0.5) is 0 Å². The number of hydrogen-bond donors (Lipinski definition) is 3. The number of carbonyl (C=O) groups is 3. The molecule has 7 nitrogen and oxygen atoms in total. The number of nitrogens with one attached hydrogen (secondary N) is 1. The Kier molecular flexibility index (Phi) is 37.1. The van der Waals surface area contributed by atoms with Crippen LogP contribution < -0.4 is 11.1 Å². The van der Waals surface area contributed by atoms with Crippen molar-refractivity contribution in [1.82, 2.24) is 5.32 Å². The number of carboxylic acid groups (broad SMARTS) is 1. The number of amides is 1. The Balaban J connectivity index is 4.44. The van der Waals surface area contributed by atoms with Gasteiger partial charge in [-0.15, -0.1) is 0 Å². The highest BCUT2D eigenvalue weighted by Crippen LogP contribution is 2.17. The van der Waals surface area contributed by atoms with Gasteiger partial charge in [-0.1, -0.05) is 126 Å². The molecule has 0 saturated heterocycles. The molecule has 298 valence electrons. The molecule has 0 saturated carbocycles. The van der Waals surface area contributed by atoms with Gasteiger partial charge in [-0.05, 0) is 116 Å². The molecule has 2 atom stereocenters. The SMILES string of the molecule is CC/C=C\C/C=C\C/C=C\C/C=C\CCCCC(=O)OC(CCC/C=C\CCCCCCCC)CCCCCCCC(=O)NC(CCCN)C(=O)O. The molecule has 0 aliphatic rings. The van der Waals surface area contributed by atoms with Crippen LogP contribution in [0.25, 0.3) is 0 Å². The first kappa shape index (κ1) is 49.1. The van der Waals surface area contributed by atoms with Crippen LogP contribution in [0, 0.1) is 0 Å². The van der Waals surface area contributed by atoms with E-state index < -0.39 is 12.0 Å². The van der Waals surface area contributed by atoms with E-state index >= 15 is 0 Å². The number of allylic oxidation sites excluding steroid dienone is 10. The minimum absolute atomic E-state index is 0.0407. The molecule has 0 rings (SSSR count). The molecule has 0 bridgehead atoms. The Morgan fingerprint density at radius 3 is 1.71 bits per heavy atom. The Morgan fingerprint density at radius 2 is 1.08 bits per heavy atom. The van der Waals surface area contributed by atoms with Gasteiger partial charge in [0.2, 0.25) is 5.91 Å². The summed E-state index contributed by atoms with van der Waals surface area (Å²) in [5.41, 5.74) is 5.48. The van der Waals surface area contributed by atoms with Gasteiger partial charge in [0, 0.05) is 12.8 Å². The molecule has 1 amide bonds. The van der Waals surface area contributed by atoms with Gasteiger partial charge in [-0.2, -0.15) is 0 Å². The first-order chi connectivity index (χ1) is 25.4. The number of hydrogen-bond acceptors (Lipinski definition) is 5. The van der Waals surface area contributed by atoms with E-state index in [1.54, 1.807) is 0 Å². The van der Waals surface area contributed by atoms with Gasteiger partial charge < -0.3 is 20.9 Å². The van der Waals surface area contributed by atoms with Crippen molar-refractivity contribution in [2.24, 2.45) is 5.73 Å². The molecule has 0 aromatic rings. The molecule has 0 spiro atoms. The van der Waals surface area contributed by atoms with Crippen LogP contribution in [0.3, 0.4) is 0 Å². The van der Waals surface area contributed by atoms with E-state index in [9.17, 15) is 19.5 Å². The zero-order chi connectivity index (χ0) is 38.2. The molecule has 7 heteroatoms. The number of rotatable bonds is 37. The van der Waals surface area contributed by atoms with Gasteiger partial charge in [0.25, 0.3) is 0 Å². The third-order valence-electron chi connectivity index (χ3n) is 9.07. The summed E-state index contributed by atoms with van der Waals surface area (Å²) in [6.07, 6.45) is 48.3. The highest BCUT2D eigenvalue weighted by atomic mass is 16.5. The molecule has 0 aliphatic carbocycles. The van der Waals surface area contributed by atoms with Gasteiger partial charge in [0.05, 0.1) is 0 Å². The Morgan fingerprint density at radius 1 is 0.577 bits per heavy atom. The summed E-state index contributed by atoms with van der Waals surface area (Å²) >= 11 is 0. The van der Waals surface area contributed by atoms with E-state index in [4.69, 9.17) is 10.5 Å². The summed E-state index contributed by atoms with van der Waals surface area (Å²) in [5.74, 6) is -1.30. The van der Waals surface area contributed by atoms with Crippen molar-refractivity contribution in [3.63, 3.8) is 0 Å². The maximum Gasteiger partial charge on any atom is 0.326 e. The second-order valence-electron chi connectivity index (χ2n) is 14.0. The van der Waals surface area contributed by atoms with Gasteiger partial charge in [0.1, 0.15) is 12.1 Å². The van der Waals surface area contributed by atoms with Gasteiger partial charge in [0.15, 0.2) is 0 Å². The van der Waals surface area contributed by atoms with Crippen molar-refractivity contribution in [2.75, 3.05) is 6.54 Å². The van der Waals surface area contributed by atoms with Crippen molar-refractivity contribution in [3.8, 4) is 0 Å². The summed E-state index contributed by atoms with van der Waals surface area (Å²) in [7, 11) is 0. The van der Waals surface area contributed by atoms with E-state index in [0.29, 0.717) is 32.2 Å². The number of carbonyl (C=O) groups excluding carboxylic acids is 2. The lowest BCUT2D eigenvalue weighted by atomic mass is 10.0. The van der Waals surface area contributed by atoms with E-state index in [0.717, 1.165) is 109 Å². The minimum Gasteiger partial charge on any atom is -0.480 e. The molecule has 4 N–H and O–H groups in total. The fraction of sp³-hybridized carbons (Fsp3) is 0.711. The third-order valence-corrected chi connectivity index (χ3v) is 9.07. The van der Waals surface area contributed by atoms with Crippen LogP contribution in [0.5, 0.6) is 0 Å². The van der Waals surface area contributed by atoms with E-state index in [-0.39, 0.29) is 18.0 Å². The fourth-order valence-electron chi connectivity index (χ4n) is 5.91. The summed E-state index contributed by atoms with van der Waals surface area (Å²) in [4.78, 5) is 36.3. The van der Waals surface area contributed by atoms with Crippen molar-refractivity contribution >= 4 is 17.8 Å². The molecule has 52 heavy (non-hydrogen) atoms. The molecule has 0 heterocycles. The second kappa shape index (κ2) is 39.3. The van der Waals surface area contributed by atoms with Crippen molar-refractivity contribution in [1.29, 1.82) is 0 Å². The molecular formula is C45H78N2O5. The standard InChI is InChI=1S/C45H78N2O5/c1-3-5-7-9-11-13-15-16-17-18-20-22-24-29-33-39-44(49)52-41(35-30-26-23-21-19-14-12-10-8-6-4-2)36-31-27-25-28-32-38-43(48)47-42(45(50)51)37-34-40-46/h5,7,11,13,16-17,20-23,41-42H,3-4,6,8-10,12,14-15,18-19,24-40,46H2,1-2H3,(H,47,48)(H,50,51)/b7-5-,13-11-,17-16-,22-20-,23-21-. The van der Waals surface area contributed by atoms with Crippen molar-refractivity contribution in [3.05, 3.63) is 60.8 Å². The average Bonchev–Trinajstić information content (AvgIpc) is 3.13. The first-order valence-corrected chi connectivity index (χ1v) is 21.1. The van der Waals surface area contributed by atoms with Gasteiger partial charge in [-0.3, -0.25) is 9.59 Å². The van der Waals surface area contributed by atoms with Crippen LogP contribution in [0.15, 0.2) is 60.8 Å². The topological polar surface area (TPSA) is 119 Å². The monoisotopic (exact) mass is 727 g/mol. The Hall–Kier alpha value is -2.93. The van der Waals surface area contributed by atoms with Crippen LogP contribution in [-0.2, 0) is 19.1 Å². The van der Waals surface area contributed by atoms with Crippen molar-refractivity contribution < 1.29 is 24.2 Å². The Labute approximate surface area is 319 Å². The molecule has 0 aliphatic heterocycles. The van der Waals surface area contributed by atoms with Gasteiger partial charge >= 0.3 is 11.9 Å².